The van der Waals surface area contributed by atoms with Gasteiger partial charge in [-0.3, -0.25) is 9.69 Å². The third-order valence-electron chi connectivity index (χ3n) is 4.65. The highest BCUT2D eigenvalue weighted by atomic mass is 16.5. The van der Waals surface area contributed by atoms with Crippen molar-refractivity contribution in [1.82, 2.24) is 10.2 Å². The van der Waals surface area contributed by atoms with Crippen LogP contribution in [-0.2, 0) is 6.54 Å². The van der Waals surface area contributed by atoms with Gasteiger partial charge in [0.2, 0.25) is 0 Å². The van der Waals surface area contributed by atoms with Gasteiger partial charge in [-0.15, -0.1) is 0 Å². The third-order valence-corrected chi connectivity index (χ3v) is 4.65. The first-order chi connectivity index (χ1) is 13.1. The SMILES string of the molecule is CCC1CN(CCNC(=O)c2cc[n+]([O-])cc2)Cc2cc(OC)ccc2O1. The van der Waals surface area contributed by atoms with E-state index in [1.165, 1.54) is 24.5 Å². The van der Waals surface area contributed by atoms with E-state index in [9.17, 15) is 10.0 Å². The van der Waals surface area contributed by atoms with E-state index in [1.54, 1.807) is 7.11 Å². The van der Waals surface area contributed by atoms with Crippen LogP contribution in [0.1, 0.15) is 29.3 Å². The molecule has 3 rings (SSSR count). The Hall–Kier alpha value is -2.80. The molecule has 7 heteroatoms. The molecule has 1 aromatic heterocycles. The van der Waals surface area contributed by atoms with Crippen molar-refractivity contribution in [3.8, 4) is 11.5 Å². The lowest BCUT2D eigenvalue weighted by molar-refractivity contribution is -0.605. The van der Waals surface area contributed by atoms with Crippen LogP contribution in [0.4, 0.5) is 0 Å². The van der Waals surface area contributed by atoms with Crippen LogP contribution >= 0.6 is 0 Å². The minimum Gasteiger partial charge on any atom is -0.619 e. The van der Waals surface area contributed by atoms with E-state index in [0.717, 1.165) is 36.6 Å². The number of nitrogens with one attached hydrogen (secondary N) is 1. The molecule has 27 heavy (non-hydrogen) atoms. The lowest BCUT2D eigenvalue weighted by Gasteiger charge is -2.23. The summed E-state index contributed by atoms with van der Waals surface area (Å²) >= 11 is 0. The molecule has 0 saturated carbocycles. The van der Waals surface area contributed by atoms with Crippen LogP contribution < -0.4 is 19.5 Å². The molecular formula is C20H25N3O4. The van der Waals surface area contributed by atoms with Gasteiger partial charge in [0.25, 0.3) is 5.91 Å². The van der Waals surface area contributed by atoms with Crippen LogP contribution in [0, 0.1) is 5.21 Å². The number of hydrogen-bond donors (Lipinski definition) is 1. The largest absolute Gasteiger partial charge is 0.619 e. The van der Waals surface area contributed by atoms with Gasteiger partial charge in [0.05, 0.1) is 12.7 Å². The van der Waals surface area contributed by atoms with Crippen LogP contribution in [0.25, 0.3) is 0 Å². The number of nitrogens with zero attached hydrogens (tertiary/aromatic N) is 2. The van der Waals surface area contributed by atoms with Crippen molar-refractivity contribution in [2.45, 2.75) is 26.0 Å². The van der Waals surface area contributed by atoms with Crippen molar-refractivity contribution in [3.63, 3.8) is 0 Å². The number of benzene rings is 1. The van der Waals surface area contributed by atoms with E-state index >= 15 is 0 Å². The number of carbonyl (C=O) groups is 1. The molecule has 1 amide bonds. The van der Waals surface area contributed by atoms with E-state index in [2.05, 4.69) is 17.1 Å². The summed E-state index contributed by atoms with van der Waals surface area (Å²) in [6.45, 7) is 4.86. The number of hydrogen-bond acceptors (Lipinski definition) is 5. The molecule has 0 fully saturated rings. The molecule has 1 unspecified atom stereocenters. The molecule has 7 nitrogen and oxygen atoms in total. The molecule has 2 aromatic rings. The van der Waals surface area contributed by atoms with Crippen LogP contribution in [0.5, 0.6) is 11.5 Å². The Morgan fingerprint density at radius 1 is 1.37 bits per heavy atom. The first-order valence-corrected chi connectivity index (χ1v) is 9.12. The first kappa shape index (κ1) is 19.0. The summed E-state index contributed by atoms with van der Waals surface area (Å²) in [7, 11) is 1.65. The van der Waals surface area contributed by atoms with Gasteiger partial charge in [0.1, 0.15) is 17.6 Å². The van der Waals surface area contributed by atoms with Gasteiger partial charge in [-0.05, 0) is 24.6 Å². The summed E-state index contributed by atoms with van der Waals surface area (Å²) < 4.78 is 12.1. The minimum atomic E-state index is -0.184. The van der Waals surface area contributed by atoms with E-state index in [-0.39, 0.29) is 12.0 Å². The lowest BCUT2D eigenvalue weighted by atomic mass is 10.2. The van der Waals surface area contributed by atoms with Crippen molar-refractivity contribution in [2.24, 2.45) is 0 Å². The Morgan fingerprint density at radius 3 is 2.85 bits per heavy atom. The fourth-order valence-electron chi connectivity index (χ4n) is 3.11. The minimum absolute atomic E-state index is 0.108. The second-order valence-corrected chi connectivity index (χ2v) is 6.56. The topological polar surface area (TPSA) is 77.7 Å². The molecule has 1 aliphatic heterocycles. The highest BCUT2D eigenvalue weighted by Crippen LogP contribution is 2.29. The van der Waals surface area contributed by atoms with Crippen molar-refractivity contribution >= 4 is 5.91 Å². The summed E-state index contributed by atoms with van der Waals surface area (Å²) in [4.78, 5) is 14.5. The highest BCUT2D eigenvalue weighted by Gasteiger charge is 2.22. The molecule has 144 valence electrons. The van der Waals surface area contributed by atoms with Crippen molar-refractivity contribution in [2.75, 3.05) is 26.7 Å². The Morgan fingerprint density at radius 2 is 2.15 bits per heavy atom. The number of pyridine rings is 1. The third kappa shape index (κ3) is 4.89. The van der Waals surface area contributed by atoms with Crippen molar-refractivity contribution < 1.29 is 19.0 Å². The van der Waals surface area contributed by atoms with Gasteiger partial charge < -0.3 is 20.0 Å². The number of ether oxygens (including phenoxy) is 2. The summed E-state index contributed by atoms with van der Waals surface area (Å²) in [5, 5.41) is 14.0. The summed E-state index contributed by atoms with van der Waals surface area (Å²) in [5.74, 6) is 1.51. The van der Waals surface area contributed by atoms with Crippen LogP contribution in [0.15, 0.2) is 42.7 Å². The number of amides is 1. The summed E-state index contributed by atoms with van der Waals surface area (Å²) in [6.07, 6.45) is 3.65. The highest BCUT2D eigenvalue weighted by molar-refractivity contribution is 5.93. The average Bonchev–Trinajstić information content (AvgIpc) is 2.86. The first-order valence-electron chi connectivity index (χ1n) is 9.12. The molecule has 1 aliphatic rings. The van der Waals surface area contributed by atoms with Crippen LogP contribution in [0.2, 0.25) is 0 Å². The maximum Gasteiger partial charge on any atom is 0.251 e. The molecule has 2 heterocycles. The Bertz CT molecular complexity index is 779. The maximum atomic E-state index is 12.2. The van der Waals surface area contributed by atoms with Crippen molar-refractivity contribution in [3.05, 3.63) is 59.1 Å². The predicted octanol–water partition coefficient (Wildman–Crippen LogP) is 1.73. The van der Waals surface area contributed by atoms with Gasteiger partial charge >= 0.3 is 0 Å². The number of rotatable bonds is 6. The Kier molecular flexibility index (Phi) is 6.13. The maximum absolute atomic E-state index is 12.2. The average molecular weight is 371 g/mol. The molecule has 0 spiro atoms. The second kappa shape index (κ2) is 8.73. The van der Waals surface area contributed by atoms with Crippen LogP contribution in [0.3, 0.4) is 0 Å². The lowest BCUT2D eigenvalue weighted by Crippen LogP contribution is -2.38. The van der Waals surface area contributed by atoms with E-state index in [0.29, 0.717) is 23.4 Å². The molecule has 1 aromatic carbocycles. The molecule has 1 N–H and O–H groups in total. The van der Waals surface area contributed by atoms with Gasteiger partial charge in [-0.25, -0.2) is 0 Å². The number of methoxy groups -OCH3 is 1. The number of carbonyl (C=O) groups excluding carboxylic acids is 1. The second-order valence-electron chi connectivity index (χ2n) is 6.56. The quantitative estimate of drug-likeness (QED) is 0.618. The zero-order valence-corrected chi connectivity index (χ0v) is 15.7. The number of aromatic nitrogens is 1. The van der Waals surface area contributed by atoms with Crippen molar-refractivity contribution in [1.29, 1.82) is 0 Å². The zero-order chi connectivity index (χ0) is 19.2. The summed E-state index contributed by atoms with van der Waals surface area (Å²) in [5.41, 5.74) is 1.56. The van der Waals surface area contributed by atoms with E-state index in [4.69, 9.17) is 9.47 Å². The molecule has 1 atom stereocenters. The molecular weight excluding hydrogens is 346 g/mol. The molecule has 0 saturated heterocycles. The smallest absolute Gasteiger partial charge is 0.251 e. The van der Waals surface area contributed by atoms with Gasteiger partial charge in [-0.2, -0.15) is 4.73 Å². The fraction of sp³-hybridized carbons (Fsp3) is 0.400. The van der Waals surface area contributed by atoms with E-state index in [1.807, 2.05) is 18.2 Å². The van der Waals surface area contributed by atoms with Gasteiger partial charge in [-0.1, -0.05) is 6.92 Å². The number of fused-ring (bicyclic) bond motifs is 1. The summed E-state index contributed by atoms with van der Waals surface area (Å²) in [6, 6.07) is 8.89. The standard InChI is InChI=1S/C20H25N3O4/c1-3-17-14-22(13-16-12-18(26-2)4-5-19(16)27-17)11-8-21-20(24)15-6-9-23(25)10-7-15/h4-7,9-10,12,17H,3,8,11,13-14H2,1-2H3,(H,21,24). The van der Waals surface area contributed by atoms with Gasteiger partial charge in [0, 0.05) is 43.9 Å². The molecule has 0 bridgehead atoms. The van der Waals surface area contributed by atoms with Crippen LogP contribution in [-0.4, -0.2) is 43.7 Å². The Labute approximate surface area is 159 Å². The Balaban J connectivity index is 1.61. The molecule has 0 aliphatic carbocycles. The fourth-order valence-corrected chi connectivity index (χ4v) is 3.11. The normalized spacial score (nSPS) is 16.7. The predicted molar refractivity (Wildman–Crippen MR) is 101 cm³/mol. The van der Waals surface area contributed by atoms with Gasteiger partial charge in [0.15, 0.2) is 12.4 Å². The van der Waals surface area contributed by atoms with E-state index < -0.39 is 0 Å². The zero-order valence-electron chi connectivity index (χ0n) is 15.7. The monoisotopic (exact) mass is 371 g/mol. The molecule has 0 radical (unpaired) electrons.